The first-order chi connectivity index (χ1) is 25.4. The summed E-state index contributed by atoms with van der Waals surface area (Å²) < 4.78 is 0. The first-order valence-corrected chi connectivity index (χ1v) is 20.2. The van der Waals surface area contributed by atoms with E-state index in [2.05, 4.69) is 74.3 Å². The number of likely N-dealkylation sites (tertiary alicyclic amines) is 1. The highest BCUT2D eigenvalue weighted by atomic mass is 16.2. The van der Waals surface area contributed by atoms with Crippen LogP contribution in [0.15, 0.2) is 49.6 Å². The summed E-state index contributed by atoms with van der Waals surface area (Å²) in [6.07, 6.45) is 13.3. The van der Waals surface area contributed by atoms with Crippen LogP contribution in [-0.4, -0.2) is 72.2 Å². The van der Waals surface area contributed by atoms with Crippen LogP contribution in [0.5, 0.6) is 0 Å². The highest BCUT2D eigenvalue weighted by molar-refractivity contribution is 6.38. The van der Waals surface area contributed by atoms with Crippen LogP contribution in [0.1, 0.15) is 96.6 Å². The van der Waals surface area contributed by atoms with E-state index in [1.54, 1.807) is 11.0 Å². The topological polar surface area (TPSA) is 137 Å². The van der Waals surface area contributed by atoms with Crippen molar-refractivity contribution >= 4 is 29.5 Å². The van der Waals surface area contributed by atoms with Gasteiger partial charge in [0.05, 0.1) is 6.04 Å². The number of amides is 5. The zero-order valence-electron chi connectivity index (χ0n) is 32.5. The monoisotopic (exact) mass is 729 g/mol. The standard InChI is InChI=1S/C43H63N5O5/c1-7-11-19-34(38(49)40(51)44-20-8-2)46-39(50)37-35-33(43(35,5)6)26-48(37)41(52)36(32-23-30-17-12-13-18-31(30)24-32)47-42(53)45-25-29-16-14-15-28(22-29)21-27(9-3)10-4/h7-8,12-13,17-18,27-29,32-37H,1-2,9-11,14-16,19-26H2,3-6H3,(H,44,51)(H,46,50)(H2,45,47,53)/t28?,29?,33?,34?,35?,36-,37-/m0/s1. The molecule has 4 aliphatic rings. The Morgan fingerprint density at radius 1 is 0.943 bits per heavy atom. The number of carbonyl (C=O) groups is 5. The van der Waals surface area contributed by atoms with Crippen LogP contribution < -0.4 is 21.3 Å². The van der Waals surface area contributed by atoms with Gasteiger partial charge < -0.3 is 26.2 Å². The fourth-order valence-corrected chi connectivity index (χ4v) is 9.75. The Labute approximate surface area is 316 Å². The van der Waals surface area contributed by atoms with E-state index in [1.807, 2.05) is 12.1 Å². The number of urea groups is 1. The number of benzene rings is 1. The van der Waals surface area contributed by atoms with Crippen LogP contribution in [0.3, 0.4) is 0 Å². The van der Waals surface area contributed by atoms with E-state index in [0.29, 0.717) is 44.2 Å². The molecule has 1 aromatic rings. The van der Waals surface area contributed by atoms with Gasteiger partial charge in [0, 0.05) is 19.6 Å². The molecular formula is C43H63N5O5. The fraction of sp³-hybridized carbons (Fsp3) is 0.651. The molecule has 3 fully saturated rings. The maximum absolute atomic E-state index is 14.8. The molecule has 53 heavy (non-hydrogen) atoms. The number of allylic oxidation sites excluding steroid dienone is 1. The quantitative estimate of drug-likeness (QED) is 0.117. The molecule has 3 aliphatic carbocycles. The molecule has 2 saturated carbocycles. The summed E-state index contributed by atoms with van der Waals surface area (Å²) >= 11 is 0. The zero-order chi connectivity index (χ0) is 38.3. The van der Waals surface area contributed by atoms with Crippen molar-refractivity contribution in [1.29, 1.82) is 0 Å². The van der Waals surface area contributed by atoms with Gasteiger partial charge in [-0.05, 0) is 97.0 Å². The van der Waals surface area contributed by atoms with Gasteiger partial charge in [0.15, 0.2) is 0 Å². The SMILES string of the molecule is C=CCCC(NC(=O)[C@@H]1C2C(CN1C(=O)[C@@H](NC(=O)NCC1CCCC(CC(CC)CC)C1)C1Cc3ccccc3C1)C2(C)C)C(=O)C(=O)NCC=C. The van der Waals surface area contributed by atoms with Crippen molar-refractivity contribution in [2.45, 2.75) is 116 Å². The summed E-state index contributed by atoms with van der Waals surface area (Å²) in [5, 5.41) is 11.6. The largest absolute Gasteiger partial charge is 0.346 e. The second-order valence-corrected chi connectivity index (χ2v) is 16.8. The van der Waals surface area contributed by atoms with E-state index in [9.17, 15) is 24.0 Å². The van der Waals surface area contributed by atoms with Gasteiger partial charge in [0.25, 0.3) is 5.91 Å². The van der Waals surface area contributed by atoms with E-state index >= 15 is 0 Å². The maximum Gasteiger partial charge on any atom is 0.315 e. The molecule has 0 bridgehead atoms. The highest BCUT2D eigenvalue weighted by Gasteiger charge is 2.69. The molecule has 290 valence electrons. The van der Waals surface area contributed by atoms with Crippen molar-refractivity contribution in [3.05, 3.63) is 60.7 Å². The van der Waals surface area contributed by atoms with E-state index in [0.717, 1.165) is 18.8 Å². The van der Waals surface area contributed by atoms with Crippen LogP contribution in [-0.2, 0) is 32.0 Å². The molecule has 5 unspecified atom stereocenters. The number of nitrogens with one attached hydrogen (secondary N) is 4. The Balaban J connectivity index is 1.31. The molecule has 0 radical (unpaired) electrons. The number of rotatable bonds is 18. The van der Waals surface area contributed by atoms with Crippen molar-refractivity contribution < 1.29 is 24.0 Å². The summed E-state index contributed by atoms with van der Waals surface area (Å²) in [6, 6.07) is 5.06. The van der Waals surface area contributed by atoms with E-state index < -0.39 is 35.7 Å². The maximum atomic E-state index is 14.8. The normalized spacial score (nSPS) is 25.4. The molecule has 4 N–H and O–H groups in total. The van der Waals surface area contributed by atoms with Gasteiger partial charge in [-0.1, -0.05) is 89.8 Å². The van der Waals surface area contributed by atoms with Gasteiger partial charge >= 0.3 is 6.03 Å². The average Bonchev–Trinajstić information content (AvgIpc) is 3.51. The minimum absolute atomic E-state index is 0.106. The second-order valence-electron chi connectivity index (χ2n) is 16.8. The molecule has 1 aliphatic heterocycles. The minimum atomic E-state index is -1.07. The van der Waals surface area contributed by atoms with Crippen LogP contribution >= 0.6 is 0 Å². The predicted molar refractivity (Wildman–Crippen MR) is 208 cm³/mol. The number of fused-ring (bicyclic) bond motifs is 2. The van der Waals surface area contributed by atoms with Gasteiger partial charge in [-0.15, -0.1) is 13.2 Å². The average molecular weight is 730 g/mol. The Morgan fingerprint density at radius 2 is 1.62 bits per heavy atom. The lowest BCUT2D eigenvalue weighted by atomic mass is 9.76. The summed E-state index contributed by atoms with van der Waals surface area (Å²) in [7, 11) is 0. The summed E-state index contributed by atoms with van der Waals surface area (Å²) in [6.45, 7) is 17.2. The molecule has 10 nitrogen and oxygen atoms in total. The Bertz CT molecular complexity index is 1490. The van der Waals surface area contributed by atoms with E-state index in [-0.39, 0.29) is 48.1 Å². The molecule has 10 heteroatoms. The smallest absolute Gasteiger partial charge is 0.315 e. The van der Waals surface area contributed by atoms with Crippen molar-refractivity contribution in [1.82, 2.24) is 26.2 Å². The first-order valence-electron chi connectivity index (χ1n) is 20.2. The van der Waals surface area contributed by atoms with Gasteiger partial charge in [0.2, 0.25) is 17.6 Å². The summed E-state index contributed by atoms with van der Waals surface area (Å²) in [5.74, 6) is -0.582. The summed E-state index contributed by atoms with van der Waals surface area (Å²) in [5.41, 5.74) is 2.17. The van der Waals surface area contributed by atoms with Crippen LogP contribution in [0.2, 0.25) is 0 Å². The molecule has 0 spiro atoms. The lowest BCUT2D eigenvalue weighted by molar-refractivity contribution is -0.144. The van der Waals surface area contributed by atoms with Crippen molar-refractivity contribution in [2.75, 3.05) is 19.6 Å². The molecule has 7 atom stereocenters. The Hall–Kier alpha value is -3.95. The fourth-order valence-electron chi connectivity index (χ4n) is 9.75. The number of piperidine rings is 1. The third-order valence-corrected chi connectivity index (χ3v) is 13.1. The Morgan fingerprint density at radius 3 is 2.26 bits per heavy atom. The molecule has 1 aromatic carbocycles. The first kappa shape index (κ1) is 40.2. The molecule has 5 amide bonds. The molecular weight excluding hydrogens is 667 g/mol. The van der Waals surface area contributed by atoms with Crippen molar-refractivity contribution in [3.63, 3.8) is 0 Å². The number of ketones is 1. The van der Waals surface area contributed by atoms with Gasteiger partial charge in [0.1, 0.15) is 12.1 Å². The van der Waals surface area contributed by atoms with E-state index in [1.165, 1.54) is 49.3 Å². The van der Waals surface area contributed by atoms with Crippen molar-refractivity contribution in [2.24, 2.45) is 40.9 Å². The van der Waals surface area contributed by atoms with Gasteiger partial charge in [-0.25, -0.2) is 4.79 Å². The third-order valence-electron chi connectivity index (χ3n) is 13.1. The predicted octanol–water partition coefficient (Wildman–Crippen LogP) is 5.51. The van der Waals surface area contributed by atoms with Gasteiger partial charge in [-0.3, -0.25) is 19.2 Å². The highest BCUT2D eigenvalue weighted by Crippen LogP contribution is 2.65. The molecule has 5 rings (SSSR count). The number of Topliss-reactive ketones (excluding diaryl/α,β-unsaturated/α-hetero) is 1. The lowest BCUT2D eigenvalue weighted by Gasteiger charge is -2.35. The van der Waals surface area contributed by atoms with Crippen LogP contribution in [0, 0.1) is 40.9 Å². The van der Waals surface area contributed by atoms with Gasteiger partial charge in [-0.2, -0.15) is 0 Å². The molecule has 0 aromatic heterocycles. The van der Waals surface area contributed by atoms with Crippen LogP contribution in [0.4, 0.5) is 4.79 Å². The third kappa shape index (κ3) is 9.41. The van der Waals surface area contributed by atoms with Crippen LogP contribution in [0.25, 0.3) is 0 Å². The number of carbonyl (C=O) groups excluding carboxylic acids is 5. The zero-order valence-corrected chi connectivity index (χ0v) is 32.5. The molecule has 1 heterocycles. The van der Waals surface area contributed by atoms with E-state index in [4.69, 9.17) is 0 Å². The number of nitrogens with zero attached hydrogens (tertiary/aromatic N) is 1. The lowest BCUT2D eigenvalue weighted by Crippen LogP contribution is -2.60. The summed E-state index contributed by atoms with van der Waals surface area (Å²) in [4.78, 5) is 70.2. The number of hydrogen-bond acceptors (Lipinski definition) is 5. The second kappa shape index (κ2) is 17.9. The number of hydrogen-bond donors (Lipinski definition) is 4. The minimum Gasteiger partial charge on any atom is -0.346 e. The Kier molecular flexibility index (Phi) is 13.6. The molecule has 1 saturated heterocycles. The van der Waals surface area contributed by atoms with Crippen molar-refractivity contribution in [3.8, 4) is 0 Å².